The molecule has 148 valence electrons. The van der Waals surface area contributed by atoms with E-state index in [4.69, 9.17) is 4.42 Å². The van der Waals surface area contributed by atoms with Crippen molar-refractivity contribution in [1.82, 2.24) is 5.43 Å². The molecule has 3 aromatic rings. The molecule has 29 heavy (non-hydrogen) atoms. The van der Waals surface area contributed by atoms with Crippen LogP contribution >= 0.6 is 27.3 Å². The summed E-state index contributed by atoms with van der Waals surface area (Å²) in [6, 6.07) is 11.0. The standard InChI is InChI=1S/C21H18BrN3O3S/c1-12-18-15(24-25-20(26)17-10-5-11-29-17)8-4-9-16(18)28-19(12)21(27)23-14-7-3-2-6-13(14)22/h2-3,5-7,10-11H,4,8-9H2,1H3,(H,23,27)(H,25,26)/b24-15+. The van der Waals surface area contributed by atoms with E-state index in [1.807, 2.05) is 42.6 Å². The van der Waals surface area contributed by atoms with Gasteiger partial charge in [-0.15, -0.1) is 11.3 Å². The number of carbonyl (C=O) groups is 2. The summed E-state index contributed by atoms with van der Waals surface area (Å²) in [5.74, 6) is 0.443. The molecule has 6 nitrogen and oxygen atoms in total. The van der Waals surface area contributed by atoms with Crippen LogP contribution in [-0.2, 0) is 6.42 Å². The van der Waals surface area contributed by atoms with E-state index in [1.54, 1.807) is 6.07 Å². The zero-order valence-electron chi connectivity index (χ0n) is 15.6. The molecule has 1 aromatic carbocycles. The second-order valence-corrected chi connectivity index (χ2v) is 8.42. The van der Waals surface area contributed by atoms with E-state index in [9.17, 15) is 9.59 Å². The summed E-state index contributed by atoms with van der Waals surface area (Å²) >= 11 is 4.79. The van der Waals surface area contributed by atoms with Gasteiger partial charge in [-0.1, -0.05) is 18.2 Å². The summed E-state index contributed by atoms with van der Waals surface area (Å²) in [7, 11) is 0. The van der Waals surface area contributed by atoms with E-state index < -0.39 is 0 Å². The number of aryl methyl sites for hydroxylation is 1. The Labute approximate surface area is 180 Å². The maximum absolute atomic E-state index is 12.8. The molecule has 2 aromatic heterocycles. The third-order valence-electron chi connectivity index (χ3n) is 4.69. The van der Waals surface area contributed by atoms with Crippen LogP contribution < -0.4 is 10.7 Å². The SMILES string of the molecule is Cc1c(C(=O)Nc2ccccc2Br)oc2c1/C(=N/NC(=O)c1cccs1)CCC2. The Morgan fingerprint density at radius 1 is 1.14 bits per heavy atom. The van der Waals surface area contributed by atoms with Crippen molar-refractivity contribution < 1.29 is 14.0 Å². The molecular formula is C21H18BrN3O3S. The van der Waals surface area contributed by atoms with Crippen LogP contribution in [0, 0.1) is 6.92 Å². The maximum atomic E-state index is 12.8. The maximum Gasteiger partial charge on any atom is 0.291 e. The zero-order valence-corrected chi connectivity index (χ0v) is 18.0. The number of hydrogen-bond acceptors (Lipinski definition) is 5. The molecule has 8 heteroatoms. The zero-order chi connectivity index (χ0) is 20.4. The second kappa shape index (κ2) is 8.34. The van der Waals surface area contributed by atoms with Crippen LogP contribution in [0.5, 0.6) is 0 Å². The Hall–Kier alpha value is -2.71. The second-order valence-electron chi connectivity index (χ2n) is 6.62. The molecule has 0 fully saturated rings. The van der Waals surface area contributed by atoms with Crippen molar-refractivity contribution in [1.29, 1.82) is 0 Å². The molecule has 1 aliphatic carbocycles. The third kappa shape index (κ3) is 4.04. The number of benzene rings is 1. The Morgan fingerprint density at radius 3 is 2.72 bits per heavy atom. The number of rotatable bonds is 4. The van der Waals surface area contributed by atoms with Gasteiger partial charge in [0.25, 0.3) is 11.8 Å². The van der Waals surface area contributed by atoms with E-state index in [2.05, 4.69) is 31.8 Å². The lowest BCUT2D eigenvalue weighted by Crippen LogP contribution is -2.21. The van der Waals surface area contributed by atoms with Gasteiger partial charge in [0.05, 0.1) is 16.3 Å². The van der Waals surface area contributed by atoms with Crippen LogP contribution in [0.2, 0.25) is 0 Å². The lowest BCUT2D eigenvalue weighted by molar-refractivity contribution is 0.0957. The fourth-order valence-corrected chi connectivity index (χ4v) is 4.32. The van der Waals surface area contributed by atoms with Gasteiger partial charge in [-0.2, -0.15) is 5.10 Å². The van der Waals surface area contributed by atoms with Gasteiger partial charge in [0, 0.05) is 22.0 Å². The molecule has 0 atom stereocenters. The number of furan rings is 1. The monoisotopic (exact) mass is 471 g/mol. The Kier molecular flexibility index (Phi) is 5.64. The van der Waals surface area contributed by atoms with Crippen molar-refractivity contribution in [2.45, 2.75) is 26.2 Å². The minimum atomic E-state index is -0.314. The van der Waals surface area contributed by atoms with Crippen molar-refractivity contribution in [2.24, 2.45) is 5.10 Å². The van der Waals surface area contributed by atoms with Crippen LogP contribution in [0.4, 0.5) is 5.69 Å². The number of hydrogen-bond donors (Lipinski definition) is 2. The molecular weight excluding hydrogens is 454 g/mol. The highest BCUT2D eigenvalue weighted by atomic mass is 79.9. The van der Waals surface area contributed by atoms with Crippen LogP contribution in [0.15, 0.2) is 55.8 Å². The first-order valence-corrected chi connectivity index (χ1v) is 10.8. The van der Waals surface area contributed by atoms with Gasteiger partial charge in [0.2, 0.25) is 0 Å². The molecule has 0 spiro atoms. The van der Waals surface area contributed by atoms with Gasteiger partial charge >= 0.3 is 0 Å². The Bertz CT molecular complexity index is 1100. The van der Waals surface area contributed by atoms with E-state index in [1.165, 1.54) is 11.3 Å². The number of carbonyl (C=O) groups excluding carboxylic acids is 2. The molecule has 0 bridgehead atoms. The normalized spacial score (nSPS) is 14.5. The molecule has 0 aliphatic heterocycles. The van der Waals surface area contributed by atoms with Crippen LogP contribution in [0.1, 0.15) is 50.0 Å². The Balaban J connectivity index is 1.59. The van der Waals surface area contributed by atoms with Crippen LogP contribution in [0.3, 0.4) is 0 Å². The van der Waals surface area contributed by atoms with Crippen molar-refractivity contribution >= 4 is 50.5 Å². The smallest absolute Gasteiger partial charge is 0.291 e. The summed E-state index contributed by atoms with van der Waals surface area (Å²) in [5, 5.41) is 9.05. The van der Waals surface area contributed by atoms with Crippen molar-refractivity contribution in [2.75, 3.05) is 5.32 Å². The highest BCUT2D eigenvalue weighted by molar-refractivity contribution is 9.10. The van der Waals surface area contributed by atoms with Crippen molar-refractivity contribution in [3.8, 4) is 0 Å². The molecule has 2 amide bonds. The average molecular weight is 472 g/mol. The summed E-state index contributed by atoms with van der Waals surface area (Å²) in [6.07, 6.45) is 2.29. The third-order valence-corrected chi connectivity index (χ3v) is 6.25. The minimum absolute atomic E-state index is 0.243. The van der Waals surface area contributed by atoms with E-state index in [-0.39, 0.29) is 17.6 Å². The Morgan fingerprint density at radius 2 is 1.97 bits per heavy atom. The molecule has 1 aliphatic rings. The van der Waals surface area contributed by atoms with Crippen LogP contribution in [-0.4, -0.2) is 17.5 Å². The molecule has 0 radical (unpaired) electrons. The summed E-state index contributed by atoms with van der Waals surface area (Å²) in [6.45, 7) is 1.85. The number of halogens is 1. The lowest BCUT2D eigenvalue weighted by Gasteiger charge is -2.13. The molecule has 2 N–H and O–H groups in total. The predicted octanol–water partition coefficient (Wildman–Crippen LogP) is 5.13. The highest BCUT2D eigenvalue weighted by Gasteiger charge is 2.28. The fourth-order valence-electron chi connectivity index (χ4n) is 3.32. The largest absolute Gasteiger partial charge is 0.455 e. The summed E-state index contributed by atoms with van der Waals surface area (Å²) < 4.78 is 6.69. The molecule has 2 heterocycles. The van der Waals surface area contributed by atoms with Gasteiger partial charge in [-0.05, 0) is 59.3 Å². The number of nitrogens with zero attached hydrogens (tertiary/aromatic N) is 1. The fraction of sp³-hybridized carbons (Fsp3) is 0.190. The topological polar surface area (TPSA) is 83.7 Å². The van der Waals surface area contributed by atoms with E-state index in [0.29, 0.717) is 17.0 Å². The van der Waals surface area contributed by atoms with Gasteiger partial charge < -0.3 is 9.73 Å². The number of nitrogens with one attached hydrogen (secondary N) is 2. The van der Waals surface area contributed by atoms with Crippen molar-refractivity contribution in [3.63, 3.8) is 0 Å². The number of anilines is 1. The first kappa shape index (κ1) is 19.6. The summed E-state index contributed by atoms with van der Waals surface area (Å²) in [5.41, 5.74) is 5.57. The number of thiophene rings is 1. The number of fused-ring (bicyclic) bond motifs is 1. The summed E-state index contributed by atoms with van der Waals surface area (Å²) in [4.78, 5) is 25.6. The number of hydrazone groups is 1. The van der Waals surface area contributed by atoms with Gasteiger partial charge in [-0.25, -0.2) is 5.43 Å². The highest BCUT2D eigenvalue weighted by Crippen LogP contribution is 2.31. The van der Waals surface area contributed by atoms with E-state index >= 15 is 0 Å². The minimum Gasteiger partial charge on any atom is -0.455 e. The number of amides is 2. The van der Waals surface area contributed by atoms with Crippen molar-refractivity contribution in [3.05, 3.63) is 73.8 Å². The predicted molar refractivity (Wildman–Crippen MR) is 117 cm³/mol. The lowest BCUT2D eigenvalue weighted by atomic mass is 9.93. The quantitative estimate of drug-likeness (QED) is 0.516. The molecule has 4 rings (SSSR count). The van der Waals surface area contributed by atoms with Gasteiger partial charge in [0.15, 0.2) is 5.76 Å². The van der Waals surface area contributed by atoms with Gasteiger partial charge in [-0.3, -0.25) is 9.59 Å². The first-order chi connectivity index (χ1) is 14.0. The van der Waals surface area contributed by atoms with Gasteiger partial charge in [0.1, 0.15) is 5.76 Å². The van der Waals surface area contributed by atoms with Crippen LogP contribution in [0.25, 0.3) is 0 Å². The number of para-hydroxylation sites is 1. The molecule has 0 unspecified atom stereocenters. The molecule has 0 saturated heterocycles. The molecule has 0 saturated carbocycles. The van der Waals surface area contributed by atoms with E-state index in [0.717, 1.165) is 39.9 Å². The average Bonchev–Trinajstić information content (AvgIpc) is 3.37. The first-order valence-electron chi connectivity index (χ1n) is 9.13.